The third-order valence-corrected chi connectivity index (χ3v) is 4.80. The van der Waals surface area contributed by atoms with Gasteiger partial charge in [0.05, 0.1) is 4.92 Å². The Kier molecular flexibility index (Phi) is 5.40. The molecule has 1 aliphatic rings. The number of hydrogen-bond acceptors (Lipinski definition) is 3. The predicted molar refractivity (Wildman–Crippen MR) is 85.6 cm³/mol. The fourth-order valence-corrected chi connectivity index (χ4v) is 3.33. The zero-order chi connectivity index (χ0) is 14.5. The fraction of sp³-hybridized carbons (Fsp3) is 0.600. The van der Waals surface area contributed by atoms with Gasteiger partial charge in [-0.2, -0.15) is 0 Å². The molecule has 1 aliphatic heterocycles. The Labute approximate surface area is 128 Å². The lowest BCUT2D eigenvalue weighted by atomic mass is 9.98. The molecular formula is C15H21BrN2O2. The average Bonchev–Trinajstić information content (AvgIpc) is 2.71. The lowest BCUT2D eigenvalue weighted by Crippen LogP contribution is -2.24. The van der Waals surface area contributed by atoms with Gasteiger partial charge in [0.15, 0.2) is 0 Å². The minimum Gasteiger partial charge on any atom is -0.372 e. The molecule has 1 heterocycles. The summed E-state index contributed by atoms with van der Waals surface area (Å²) in [7, 11) is 0. The van der Waals surface area contributed by atoms with E-state index in [4.69, 9.17) is 0 Å². The number of benzene rings is 1. The molecular weight excluding hydrogens is 320 g/mol. The SMILES string of the molecule is CCC1CCCN(c2ccc([N+](=O)[O-])c(CBr)c2)CC1. The van der Waals surface area contributed by atoms with Gasteiger partial charge in [0, 0.05) is 35.7 Å². The van der Waals surface area contributed by atoms with Crippen LogP contribution in [-0.4, -0.2) is 18.0 Å². The van der Waals surface area contributed by atoms with Crippen molar-refractivity contribution < 1.29 is 4.92 Å². The molecule has 0 amide bonds. The van der Waals surface area contributed by atoms with Crippen LogP contribution >= 0.6 is 15.9 Å². The van der Waals surface area contributed by atoms with Crippen LogP contribution in [0.1, 0.15) is 38.2 Å². The standard InChI is InChI=1S/C15H21BrN2O2/c1-2-12-4-3-8-17(9-7-12)14-5-6-15(18(19)20)13(10-14)11-16/h5-6,10,12H,2-4,7-9,11H2,1H3. The summed E-state index contributed by atoms with van der Waals surface area (Å²) in [6, 6.07) is 5.48. The van der Waals surface area contributed by atoms with Crippen molar-refractivity contribution in [3.8, 4) is 0 Å². The Morgan fingerprint density at radius 3 is 2.85 bits per heavy atom. The number of anilines is 1. The molecule has 0 saturated carbocycles. The maximum absolute atomic E-state index is 11.0. The molecule has 110 valence electrons. The van der Waals surface area contributed by atoms with Crippen molar-refractivity contribution in [1.29, 1.82) is 0 Å². The summed E-state index contributed by atoms with van der Waals surface area (Å²) in [6.07, 6.45) is 4.97. The lowest BCUT2D eigenvalue weighted by Gasteiger charge is -2.23. The minimum atomic E-state index is -0.310. The van der Waals surface area contributed by atoms with Crippen molar-refractivity contribution in [3.63, 3.8) is 0 Å². The van der Waals surface area contributed by atoms with Gasteiger partial charge in [-0.1, -0.05) is 29.3 Å². The molecule has 1 unspecified atom stereocenters. The van der Waals surface area contributed by atoms with Crippen LogP contribution in [0.4, 0.5) is 11.4 Å². The van der Waals surface area contributed by atoms with Gasteiger partial charge >= 0.3 is 0 Å². The highest BCUT2D eigenvalue weighted by Gasteiger charge is 2.19. The van der Waals surface area contributed by atoms with Crippen molar-refractivity contribution in [2.24, 2.45) is 5.92 Å². The first-order chi connectivity index (χ1) is 9.65. The van der Waals surface area contributed by atoms with Crippen LogP contribution in [0.3, 0.4) is 0 Å². The summed E-state index contributed by atoms with van der Waals surface area (Å²) in [4.78, 5) is 13.0. The Hall–Kier alpha value is -1.10. The van der Waals surface area contributed by atoms with Gasteiger partial charge in [-0.15, -0.1) is 0 Å². The van der Waals surface area contributed by atoms with E-state index in [1.807, 2.05) is 12.1 Å². The quantitative estimate of drug-likeness (QED) is 0.460. The predicted octanol–water partition coefficient (Wildman–Crippen LogP) is 4.51. The summed E-state index contributed by atoms with van der Waals surface area (Å²) in [5.74, 6) is 0.827. The van der Waals surface area contributed by atoms with Crippen molar-refractivity contribution in [2.45, 2.75) is 37.9 Å². The number of rotatable bonds is 4. The topological polar surface area (TPSA) is 46.4 Å². The second-order valence-corrected chi connectivity index (χ2v) is 5.96. The van der Waals surface area contributed by atoms with E-state index in [-0.39, 0.29) is 10.6 Å². The summed E-state index contributed by atoms with van der Waals surface area (Å²) < 4.78 is 0. The molecule has 1 fully saturated rings. The molecule has 5 heteroatoms. The zero-order valence-electron chi connectivity index (χ0n) is 11.8. The highest BCUT2D eigenvalue weighted by Crippen LogP contribution is 2.29. The largest absolute Gasteiger partial charge is 0.372 e. The normalized spacial score (nSPS) is 19.7. The minimum absolute atomic E-state index is 0.201. The molecule has 1 saturated heterocycles. The summed E-state index contributed by atoms with van der Waals surface area (Å²) in [5.41, 5.74) is 2.07. The van der Waals surface area contributed by atoms with Crippen molar-refractivity contribution >= 4 is 27.3 Å². The monoisotopic (exact) mass is 340 g/mol. The molecule has 1 aromatic rings. The van der Waals surface area contributed by atoms with E-state index in [0.29, 0.717) is 5.33 Å². The lowest BCUT2D eigenvalue weighted by molar-refractivity contribution is -0.385. The highest BCUT2D eigenvalue weighted by atomic mass is 79.9. The van der Waals surface area contributed by atoms with E-state index >= 15 is 0 Å². The van der Waals surface area contributed by atoms with Gasteiger partial charge in [0.2, 0.25) is 0 Å². The second-order valence-electron chi connectivity index (χ2n) is 5.40. The maximum atomic E-state index is 11.0. The summed E-state index contributed by atoms with van der Waals surface area (Å²) in [5, 5.41) is 11.5. The molecule has 0 bridgehead atoms. The van der Waals surface area contributed by atoms with Crippen LogP contribution < -0.4 is 4.90 Å². The Morgan fingerprint density at radius 2 is 2.20 bits per heavy atom. The summed E-state index contributed by atoms with van der Waals surface area (Å²) in [6.45, 7) is 4.36. The van der Waals surface area contributed by atoms with Gasteiger partial charge in [-0.25, -0.2) is 0 Å². The van der Waals surface area contributed by atoms with Crippen LogP contribution in [-0.2, 0) is 5.33 Å². The molecule has 1 aromatic carbocycles. The Morgan fingerprint density at radius 1 is 1.40 bits per heavy atom. The average molecular weight is 341 g/mol. The number of nitrogens with zero attached hydrogens (tertiary/aromatic N) is 2. The van der Waals surface area contributed by atoms with Gasteiger partial charge in [0.25, 0.3) is 5.69 Å². The Balaban J connectivity index is 2.18. The summed E-state index contributed by atoms with van der Waals surface area (Å²) >= 11 is 3.35. The molecule has 0 radical (unpaired) electrons. The Bertz CT molecular complexity index is 479. The van der Waals surface area contributed by atoms with Gasteiger partial charge in [-0.05, 0) is 37.3 Å². The number of nitro benzene ring substituents is 1. The van der Waals surface area contributed by atoms with E-state index in [9.17, 15) is 10.1 Å². The van der Waals surface area contributed by atoms with Gasteiger partial charge in [-0.3, -0.25) is 10.1 Å². The number of hydrogen-bond donors (Lipinski definition) is 0. The van der Waals surface area contributed by atoms with Crippen LogP contribution in [0.15, 0.2) is 18.2 Å². The van der Waals surface area contributed by atoms with E-state index in [2.05, 4.69) is 27.8 Å². The number of alkyl halides is 1. The highest BCUT2D eigenvalue weighted by molar-refractivity contribution is 9.08. The zero-order valence-corrected chi connectivity index (χ0v) is 13.4. The molecule has 0 N–H and O–H groups in total. The first-order valence-electron chi connectivity index (χ1n) is 7.24. The molecule has 4 nitrogen and oxygen atoms in total. The van der Waals surface area contributed by atoms with Crippen molar-refractivity contribution in [3.05, 3.63) is 33.9 Å². The third kappa shape index (κ3) is 3.51. The smallest absolute Gasteiger partial charge is 0.273 e. The van der Waals surface area contributed by atoms with Gasteiger partial charge < -0.3 is 4.90 Å². The second kappa shape index (κ2) is 7.07. The first-order valence-corrected chi connectivity index (χ1v) is 8.36. The van der Waals surface area contributed by atoms with Crippen LogP contribution in [0.25, 0.3) is 0 Å². The number of nitro groups is 1. The van der Waals surface area contributed by atoms with E-state index in [1.54, 1.807) is 6.07 Å². The van der Waals surface area contributed by atoms with Crippen LogP contribution in [0.2, 0.25) is 0 Å². The molecule has 1 atom stereocenters. The van der Waals surface area contributed by atoms with E-state index < -0.39 is 0 Å². The molecule has 0 aromatic heterocycles. The van der Waals surface area contributed by atoms with E-state index in [1.165, 1.54) is 25.7 Å². The molecule has 0 aliphatic carbocycles. The first kappa shape index (κ1) is 15.3. The fourth-order valence-electron chi connectivity index (χ4n) is 2.89. The molecule has 0 spiro atoms. The van der Waals surface area contributed by atoms with E-state index in [0.717, 1.165) is 30.3 Å². The molecule has 2 rings (SSSR count). The van der Waals surface area contributed by atoms with Crippen LogP contribution in [0.5, 0.6) is 0 Å². The van der Waals surface area contributed by atoms with Crippen molar-refractivity contribution in [2.75, 3.05) is 18.0 Å². The maximum Gasteiger partial charge on any atom is 0.273 e. The van der Waals surface area contributed by atoms with Gasteiger partial charge in [0.1, 0.15) is 0 Å². The third-order valence-electron chi connectivity index (χ3n) is 4.19. The van der Waals surface area contributed by atoms with Crippen LogP contribution in [0, 0.1) is 16.0 Å². The molecule has 20 heavy (non-hydrogen) atoms. The van der Waals surface area contributed by atoms with Crippen molar-refractivity contribution in [1.82, 2.24) is 0 Å². The number of halogens is 1.